The maximum Gasteiger partial charge on any atom is 0.250 e. The van der Waals surface area contributed by atoms with Gasteiger partial charge in [0.15, 0.2) is 0 Å². The van der Waals surface area contributed by atoms with E-state index in [0.29, 0.717) is 10.1 Å². The van der Waals surface area contributed by atoms with Crippen LogP contribution >= 0.6 is 22.9 Å². The lowest BCUT2D eigenvalue weighted by molar-refractivity contribution is 0.105. The minimum Gasteiger partial charge on any atom is -0.496 e. The fourth-order valence-electron chi connectivity index (χ4n) is 1.95. The first-order valence-electron chi connectivity index (χ1n) is 6.38. The minimum absolute atomic E-state index is 0.0920. The number of hydrogen-bond acceptors (Lipinski definition) is 5. The average molecular weight is 362 g/mol. The molecule has 2 rings (SSSR count). The van der Waals surface area contributed by atoms with Gasteiger partial charge in [-0.2, -0.15) is 0 Å². The third kappa shape index (κ3) is 3.99. The third-order valence-electron chi connectivity index (χ3n) is 3.04. The summed E-state index contributed by atoms with van der Waals surface area (Å²) in [5.41, 5.74) is 0.777. The summed E-state index contributed by atoms with van der Waals surface area (Å²) in [5, 5.41) is 0. The summed E-state index contributed by atoms with van der Waals surface area (Å²) in [6.07, 6.45) is -0.457. The van der Waals surface area contributed by atoms with Crippen molar-refractivity contribution in [2.75, 3.05) is 20.8 Å². The summed E-state index contributed by atoms with van der Waals surface area (Å²) in [6.45, 7) is 0.0920. The van der Waals surface area contributed by atoms with E-state index in [2.05, 4.69) is 4.72 Å². The van der Waals surface area contributed by atoms with E-state index < -0.39 is 16.1 Å². The van der Waals surface area contributed by atoms with Crippen LogP contribution < -0.4 is 9.46 Å². The molecule has 1 heterocycles. The van der Waals surface area contributed by atoms with Crippen LogP contribution in [0.4, 0.5) is 0 Å². The van der Waals surface area contributed by atoms with Gasteiger partial charge in [-0.15, -0.1) is 11.3 Å². The second kappa shape index (κ2) is 7.43. The maximum absolute atomic E-state index is 12.2. The number of sulfonamides is 1. The highest BCUT2D eigenvalue weighted by Crippen LogP contribution is 2.28. The molecule has 120 valence electrons. The van der Waals surface area contributed by atoms with Crippen molar-refractivity contribution in [1.29, 1.82) is 0 Å². The summed E-state index contributed by atoms with van der Waals surface area (Å²) < 4.78 is 38.2. The van der Waals surface area contributed by atoms with Crippen LogP contribution in [0.3, 0.4) is 0 Å². The smallest absolute Gasteiger partial charge is 0.250 e. The zero-order valence-corrected chi connectivity index (χ0v) is 14.5. The molecule has 1 unspecified atom stereocenters. The Balaban J connectivity index is 2.14. The first-order valence-corrected chi connectivity index (χ1v) is 9.06. The monoisotopic (exact) mass is 361 g/mol. The van der Waals surface area contributed by atoms with Crippen molar-refractivity contribution in [3.05, 3.63) is 46.3 Å². The van der Waals surface area contributed by atoms with Crippen LogP contribution in [-0.4, -0.2) is 29.2 Å². The minimum atomic E-state index is -3.61. The summed E-state index contributed by atoms with van der Waals surface area (Å²) in [6, 6.07) is 10.3. The van der Waals surface area contributed by atoms with Crippen molar-refractivity contribution in [2.45, 2.75) is 10.3 Å². The average Bonchev–Trinajstić information content (AvgIpc) is 2.96. The predicted molar refractivity (Wildman–Crippen MR) is 87.3 cm³/mol. The molecule has 0 amide bonds. The molecular weight excluding hydrogens is 346 g/mol. The molecule has 0 radical (unpaired) electrons. The molecule has 0 spiro atoms. The Hall–Kier alpha value is -1.12. The molecule has 0 aliphatic carbocycles. The van der Waals surface area contributed by atoms with Crippen LogP contribution in [0.1, 0.15) is 11.7 Å². The predicted octanol–water partition coefficient (Wildman–Crippen LogP) is 3.08. The van der Waals surface area contributed by atoms with E-state index in [-0.39, 0.29) is 10.8 Å². The molecular formula is C14H16ClNO4S2. The number of benzene rings is 1. The van der Waals surface area contributed by atoms with E-state index in [4.69, 9.17) is 21.1 Å². The Morgan fingerprint density at radius 1 is 1.23 bits per heavy atom. The number of nitrogens with one attached hydrogen (secondary N) is 1. The van der Waals surface area contributed by atoms with Gasteiger partial charge in [0.2, 0.25) is 10.0 Å². The Morgan fingerprint density at radius 3 is 2.55 bits per heavy atom. The number of halogens is 1. The number of ether oxygens (including phenoxy) is 2. The lowest BCUT2D eigenvalue weighted by Gasteiger charge is -2.18. The molecule has 22 heavy (non-hydrogen) atoms. The summed E-state index contributed by atoms with van der Waals surface area (Å²) >= 11 is 6.78. The van der Waals surface area contributed by atoms with Crippen LogP contribution in [0.15, 0.2) is 40.6 Å². The fraction of sp³-hybridized carbons (Fsp3) is 0.286. The third-order valence-corrected chi connectivity index (χ3v) is 6.19. The Labute approximate surface area is 138 Å². The molecule has 2 aromatic rings. The molecule has 1 aromatic heterocycles. The van der Waals surface area contributed by atoms with Crippen molar-refractivity contribution < 1.29 is 17.9 Å². The normalized spacial score (nSPS) is 13.0. The van der Waals surface area contributed by atoms with Crippen LogP contribution in [0.2, 0.25) is 4.34 Å². The molecule has 5 nitrogen and oxygen atoms in total. The number of rotatable bonds is 7. The first kappa shape index (κ1) is 17.2. The van der Waals surface area contributed by atoms with Crippen molar-refractivity contribution in [3.63, 3.8) is 0 Å². The molecule has 1 atom stereocenters. The van der Waals surface area contributed by atoms with Gasteiger partial charge < -0.3 is 9.47 Å². The van der Waals surface area contributed by atoms with E-state index >= 15 is 0 Å². The molecule has 0 fully saturated rings. The summed E-state index contributed by atoms with van der Waals surface area (Å²) in [7, 11) is -0.529. The van der Waals surface area contributed by atoms with Gasteiger partial charge in [0, 0.05) is 19.2 Å². The van der Waals surface area contributed by atoms with Crippen LogP contribution in [0.25, 0.3) is 0 Å². The molecule has 0 bridgehead atoms. The van der Waals surface area contributed by atoms with Gasteiger partial charge in [0.1, 0.15) is 9.96 Å². The number of methoxy groups -OCH3 is 2. The summed E-state index contributed by atoms with van der Waals surface area (Å²) in [4.78, 5) is 0. The van der Waals surface area contributed by atoms with E-state index in [1.807, 2.05) is 18.2 Å². The molecule has 0 saturated heterocycles. The van der Waals surface area contributed by atoms with Crippen molar-refractivity contribution in [3.8, 4) is 5.75 Å². The fourth-order valence-corrected chi connectivity index (χ4v) is 4.51. The highest BCUT2D eigenvalue weighted by Gasteiger charge is 2.21. The van der Waals surface area contributed by atoms with Crippen LogP contribution in [0, 0.1) is 0 Å². The van der Waals surface area contributed by atoms with E-state index in [1.54, 1.807) is 19.2 Å². The maximum atomic E-state index is 12.2. The van der Waals surface area contributed by atoms with Crippen molar-refractivity contribution in [2.24, 2.45) is 0 Å². The topological polar surface area (TPSA) is 64.6 Å². The van der Waals surface area contributed by atoms with Gasteiger partial charge in [0.25, 0.3) is 0 Å². The SMILES string of the molecule is COc1ccccc1C(CNS(=O)(=O)c1ccc(Cl)s1)OC. The second-order valence-electron chi connectivity index (χ2n) is 4.38. The molecule has 1 aromatic carbocycles. The van der Waals surface area contributed by atoms with E-state index in [9.17, 15) is 8.42 Å². The van der Waals surface area contributed by atoms with Gasteiger partial charge in [-0.1, -0.05) is 29.8 Å². The lowest BCUT2D eigenvalue weighted by Crippen LogP contribution is -2.29. The zero-order valence-electron chi connectivity index (χ0n) is 12.1. The quantitative estimate of drug-likeness (QED) is 0.823. The van der Waals surface area contributed by atoms with Gasteiger partial charge in [0.05, 0.1) is 17.6 Å². The first-order chi connectivity index (χ1) is 10.5. The Bertz CT molecular complexity index is 730. The van der Waals surface area contributed by atoms with Crippen LogP contribution in [-0.2, 0) is 14.8 Å². The van der Waals surface area contributed by atoms with E-state index in [1.165, 1.54) is 13.2 Å². The largest absolute Gasteiger partial charge is 0.496 e. The highest BCUT2D eigenvalue weighted by molar-refractivity contribution is 7.91. The highest BCUT2D eigenvalue weighted by atomic mass is 35.5. The Kier molecular flexibility index (Phi) is 5.82. The number of para-hydroxylation sites is 1. The second-order valence-corrected chi connectivity index (χ2v) is 8.09. The van der Waals surface area contributed by atoms with Gasteiger partial charge >= 0.3 is 0 Å². The van der Waals surface area contributed by atoms with Gasteiger partial charge in [-0.3, -0.25) is 0 Å². The van der Waals surface area contributed by atoms with Gasteiger partial charge in [-0.05, 0) is 18.2 Å². The molecule has 8 heteroatoms. The Morgan fingerprint density at radius 2 is 1.95 bits per heavy atom. The lowest BCUT2D eigenvalue weighted by atomic mass is 10.1. The molecule has 0 aliphatic heterocycles. The van der Waals surface area contributed by atoms with Crippen LogP contribution in [0.5, 0.6) is 5.75 Å². The molecule has 0 aliphatic rings. The molecule has 1 N–H and O–H groups in total. The standard InChI is InChI=1S/C14H16ClNO4S2/c1-19-11-6-4-3-5-10(11)12(20-2)9-16-22(17,18)14-8-7-13(15)21-14/h3-8,12,16H,9H2,1-2H3. The number of thiophene rings is 1. The summed E-state index contributed by atoms with van der Waals surface area (Å²) in [5.74, 6) is 0.646. The van der Waals surface area contributed by atoms with Crippen molar-refractivity contribution in [1.82, 2.24) is 4.72 Å². The molecule has 0 saturated carbocycles. The van der Waals surface area contributed by atoms with Gasteiger partial charge in [-0.25, -0.2) is 13.1 Å². The zero-order chi connectivity index (χ0) is 16.2. The number of hydrogen-bond donors (Lipinski definition) is 1. The van der Waals surface area contributed by atoms with E-state index in [0.717, 1.165) is 16.9 Å². The van der Waals surface area contributed by atoms with Crippen molar-refractivity contribution >= 4 is 33.0 Å².